The molecule has 7 atom stereocenters. The first-order valence-corrected chi connectivity index (χ1v) is 13.0. The highest BCUT2D eigenvalue weighted by molar-refractivity contribution is 5.72. The van der Waals surface area contributed by atoms with Crippen LogP contribution in [0.4, 0.5) is 0 Å². The van der Waals surface area contributed by atoms with Crippen LogP contribution < -0.4 is 0 Å². The first kappa shape index (κ1) is 22.9. The lowest BCUT2D eigenvalue weighted by Crippen LogP contribution is -2.58. The molecule has 3 saturated carbocycles. The molecule has 180 valence electrons. The predicted molar refractivity (Wildman–Crippen MR) is 130 cm³/mol. The molecule has 4 heteroatoms. The van der Waals surface area contributed by atoms with Crippen molar-refractivity contribution in [3.05, 3.63) is 35.2 Å². The number of aromatic nitrogens is 1. The Morgan fingerprint density at radius 1 is 1.06 bits per heavy atom. The van der Waals surface area contributed by atoms with Crippen LogP contribution in [0.2, 0.25) is 0 Å². The zero-order valence-corrected chi connectivity index (χ0v) is 21.3. The number of ether oxygens (including phenoxy) is 1. The summed E-state index contributed by atoms with van der Waals surface area (Å²) in [6.45, 7) is 13.8. The first-order valence-electron chi connectivity index (χ1n) is 13.0. The molecule has 0 aromatic carbocycles. The van der Waals surface area contributed by atoms with Crippen molar-refractivity contribution in [2.45, 2.75) is 98.5 Å². The smallest absolute Gasteiger partial charge is 0.302 e. The minimum atomic E-state index is -0.149. The van der Waals surface area contributed by atoms with Gasteiger partial charge in [-0.3, -0.25) is 9.59 Å². The summed E-state index contributed by atoms with van der Waals surface area (Å²) in [6, 6.07) is 2.08. The third-order valence-corrected chi connectivity index (χ3v) is 11.3. The summed E-state index contributed by atoms with van der Waals surface area (Å²) in [6.07, 6.45) is 13.7. The second kappa shape index (κ2) is 7.33. The molecule has 0 bridgehead atoms. The highest BCUT2D eigenvalue weighted by Crippen LogP contribution is 2.74. The van der Waals surface area contributed by atoms with E-state index < -0.39 is 0 Å². The second-order valence-electron chi connectivity index (χ2n) is 12.8. The van der Waals surface area contributed by atoms with Crippen molar-refractivity contribution >= 4 is 12.3 Å². The summed E-state index contributed by atoms with van der Waals surface area (Å²) in [7, 11) is 0. The molecule has 33 heavy (non-hydrogen) atoms. The van der Waals surface area contributed by atoms with Crippen LogP contribution >= 0.6 is 0 Å². The molecular weight excluding hydrogens is 410 g/mol. The Balaban J connectivity index is 1.50. The van der Waals surface area contributed by atoms with Crippen LogP contribution in [-0.4, -0.2) is 23.3 Å². The number of H-pyrrole nitrogens is 1. The molecule has 4 aliphatic carbocycles. The van der Waals surface area contributed by atoms with Gasteiger partial charge in [0.25, 0.3) is 0 Å². The predicted octanol–water partition coefficient (Wildman–Crippen LogP) is 6.83. The normalized spacial score (nSPS) is 43.6. The van der Waals surface area contributed by atoms with E-state index in [2.05, 4.69) is 57.9 Å². The number of aromatic amines is 1. The van der Waals surface area contributed by atoms with Gasteiger partial charge in [-0.15, -0.1) is 0 Å². The first-order chi connectivity index (χ1) is 15.5. The van der Waals surface area contributed by atoms with Crippen LogP contribution in [0.15, 0.2) is 23.9 Å². The fourth-order valence-electron chi connectivity index (χ4n) is 9.32. The summed E-state index contributed by atoms with van der Waals surface area (Å²) >= 11 is 0. The standard InChI is InChI=1S/C29H41NO3/c1-18(32)33-25-11-12-27(4)22-10-14-28(5)21(19-15-20(17-31)30-16-19)9-13-29(28,6)23(22)7-8-24(27)26(25,2)3/h7,15-17,21-22,24-25,30H,8-14H2,1-6H3/t21-,22-,24-,25-,27+,28-,29+/m0/s1. The zero-order valence-electron chi connectivity index (χ0n) is 21.3. The fourth-order valence-corrected chi connectivity index (χ4v) is 9.32. The van der Waals surface area contributed by atoms with E-state index in [0.29, 0.717) is 23.4 Å². The Labute approximate surface area is 198 Å². The molecule has 0 spiro atoms. The van der Waals surface area contributed by atoms with Crippen LogP contribution in [0.5, 0.6) is 0 Å². The Morgan fingerprint density at radius 3 is 2.45 bits per heavy atom. The number of aldehydes is 1. The number of esters is 1. The molecule has 0 aliphatic heterocycles. The molecular formula is C29H41NO3. The van der Waals surface area contributed by atoms with E-state index in [0.717, 1.165) is 25.5 Å². The number of nitrogens with one attached hydrogen (secondary N) is 1. The molecule has 1 N–H and O–H groups in total. The lowest BCUT2D eigenvalue weighted by Gasteiger charge is -2.64. The SMILES string of the molecule is CC(=O)O[C@H]1CC[C@]2(C)[C@H]3CC[C@@]4(C)[C@H](c5c[nH]c(C=O)c5)CC[C@]4(C)C3=CC[C@H]2C1(C)C. The quantitative estimate of drug-likeness (QED) is 0.311. The number of fused-ring (bicyclic) bond motifs is 5. The van der Waals surface area contributed by atoms with Crippen molar-refractivity contribution < 1.29 is 14.3 Å². The minimum Gasteiger partial charge on any atom is -0.462 e. The topological polar surface area (TPSA) is 59.2 Å². The van der Waals surface area contributed by atoms with Crippen molar-refractivity contribution in [2.75, 3.05) is 0 Å². The molecule has 1 aromatic rings. The van der Waals surface area contributed by atoms with Gasteiger partial charge in [0.15, 0.2) is 6.29 Å². The van der Waals surface area contributed by atoms with Crippen LogP contribution in [0.3, 0.4) is 0 Å². The van der Waals surface area contributed by atoms with Gasteiger partial charge in [-0.05, 0) is 90.6 Å². The number of rotatable bonds is 3. The number of carbonyl (C=O) groups excluding carboxylic acids is 2. The molecule has 5 rings (SSSR count). The van der Waals surface area contributed by atoms with Crippen LogP contribution in [0.1, 0.15) is 108 Å². The number of hydrogen-bond donors (Lipinski definition) is 1. The van der Waals surface area contributed by atoms with E-state index in [1.807, 2.05) is 0 Å². The maximum absolute atomic E-state index is 11.8. The summed E-state index contributed by atoms with van der Waals surface area (Å²) < 4.78 is 5.83. The van der Waals surface area contributed by atoms with Crippen molar-refractivity contribution in [2.24, 2.45) is 33.5 Å². The third-order valence-electron chi connectivity index (χ3n) is 11.3. The maximum atomic E-state index is 11.8. The van der Waals surface area contributed by atoms with Crippen molar-refractivity contribution in [3.63, 3.8) is 0 Å². The van der Waals surface area contributed by atoms with Gasteiger partial charge in [-0.1, -0.05) is 46.3 Å². The molecule has 4 nitrogen and oxygen atoms in total. The molecule has 0 amide bonds. The van der Waals surface area contributed by atoms with Crippen LogP contribution in [0, 0.1) is 33.5 Å². The van der Waals surface area contributed by atoms with E-state index in [4.69, 9.17) is 4.74 Å². The molecule has 0 saturated heterocycles. The maximum Gasteiger partial charge on any atom is 0.302 e. The van der Waals surface area contributed by atoms with Gasteiger partial charge in [0.1, 0.15) is 6.10 Å². The van der Waals surface area contributed by atoms with E-state index in [1.54, 1.807) is 12.5 Å². The summed E-state index contributed by atoms with van der Waals surface area (Å²) in [5.74, 6) is 1.49. The minimum absolute atomic E-state index is 0.0169. The van der Waals surface area contributed by atoms with Gasteiger partial charge in [-0.25, -0.2) is 0 Å². The molecule has 1 aromatic heterocycles. The highest BCUT2D eigenvalue weighted by atomic mass is 16.5. The van der Waals surface area contributed by atoms with E-state index in [9.17, 15) is 9.59 Å². The summed E-state index contributed by atoms with van der Waals surface area (Å²) in [4.78, 5) is 26.2. The number of carbonyl (C=O) groups is 2. The van der Waals surface area contributed by atoms with Crippen molar-refractivity contribution in [1.82, 2.24) is 4.98 Å². The molecule has 0 radical (unpaired) electrons. The fraction of sp³-hybridized carbons (Fsp3) is 0.724. The van der Waals surface area contributed by atoms with Gasteiger partial charge in [0, 0.05) is 18.5 Å². The Bertz CT molecular complexity index is 1000. The largest absolute Gasteiger partial charge is 0.462 e. The third kappa shape index (κ3) is 3.01. The Kier molecular flexibility index (Phi) is 5.09. The van der Waals surface area contributed by atoms with Crippen molar-refractivity contribution in [3.8, 4) is 0 Å². The number of hydrogen-bond acceptors (Lipinski definition) is 3. The second-order valence-corrected chi connectivity index (χ2v) is 12.8. The lowest BCUT2D eigenvalue weighted by atomic mass is 9.41. The monoisotopic (exact) mass is 451 g/mol. The summed E-state index contributed by atoms with van der Waals surface area (Å²) in [5.41, 5.74) is 4.36. The van der Waals surface area contributed by atoms with Gasteiger partial charge in [0.05, 0.1) is 5.69 Å². The highest BCUT2D eigenvalue weighted by Gasteiger charge is 2.65. The van der Waals surface area contributed by atoms with Crippen LogP contribution in [-0.2, 0) is 9.53 Å². The molecule has 0 unspecified atom stereocenters. The molecule has 1 heterocycles. The van der Waals surface area contributed by atoms with E-state index in [-0.39, 0.29) is 33.7 Å². The Morgan fingerprint density at radius 2 is 1.79 bits per heavy atom. The van der Waals surface area contributed by atoms with Crippen LogP contribution in [0.25, 0.3) is 0 Å². The van der Waals surface area contributed by atoms with Gasteiger partial charge in [-0.2, -0.15) is 0 Å². The van der Waals surface area contributed by atoms with Gasteiger partial charge < -0.3 is 9.72 Å². The van der Waals surface area contributed by atoms with E-state index >= 15 is 0 Å². The lowest BCUT2D eigenvalue weighted by molar-refractivity contribution is -0.174. The van der Waals surface area contributed by atoms with Crippen molar-refractivity contribution in [1.29, 1.82) is 0 Å². The zero-order chi connectivity index (χ0) is 23.8. The Hall–Kier alpha value is -1.84. The van der Waals surface area contributed by atoms with Gasteiger partial charge in [0.2, 0.25) is 0 Å². The van der Waals surface area contributed by atoms with Gasteiger partial charge >= 0.3 is 5.97 Å². The van der Waals surface area contributed by atoms with E-state index in [1.165, 1.54) is 31.2 Å². The summed E-state index contributed by atoms with van der Waals surface area (Å²) in [5, 5.41) is 0. The average molecular weight is 452 g/mol. The molecule has 4 aliphatic rings. The average Bonchev–Trinajstić information content (AvgIpc) is 3.32. The number of allylic oxidation sites excluding steroid dienone is 2. The molecule has 3 fully saturated rings.